The summed E-state index contributed by atoms with van der Waals surface area (Å²) in [7, 11) is 0. The van der Waals surface area contributed by atoms with Gasteiger partial charge in [0, 0.05) is 49.0 Å². The molecule has 0 saturated carbocycles. The summed E-state index contributed by atoms with van der Waals surface area (Å²) >= 11 is 0. The maximum atomic E-state index is 13.1. The first-order valence-electron chi connectivity index (χ1n) is 11.8. The van der Waals surface area contributed by atoms with Gasteiger partial charge in [0.05, 0.1) is 12.2 Å². The van der Waals surface area contributed by atoms with Crippen LogP contribution < -0.4 is 0 Å². The number of nitrogens with one attached hydrogen (secondary N) is 1. The van der Waals surface area contributed by atoms with Crippen LogP contribution in [0.1, 0.15) is 48.0 Å². The fourth-order valence-corrected chi connectivity index (χ4v) is 5.22. The number of likely N-dealkylation sites (tertiary alicyclic amines) is 1. The highest BCUT2D eigenvalue weighted by molar-refractivity contribution is 5.98. The molecule has 2 fully saturated rings. The molecular formula is C27H32N2O3. The maximum absolute atomic E-state index is 13.1. The van der Waals surface area contributed by atoms with E-state index in [0.717, 1.165) is 74.9 Å². The molecular weight excluding hydrogens is 400 g/mol. The molecule has 5 rings (SSSR count). The number of hydrogen-bond donors (Lipinski definition) is 1. The zero-order chi connectivity index (χ0) is 21.8. The van der Waals surface area contributed by atoms with Crippen LogP contribution in [-0.2, 0) is 16.1 Å². The van der Waals surface area contributed by atoms with Gasteiger partial charge in [-0.25, -0.2) is 0 Å². The minimum Gasteiger partial charge on any atom is -0.377 e. The molecule has 3 heterocycles. The summed E-state index contributed by atoms with van der Waals surface area (Å²) in [6.45, 7) is 3.83. The van der Waals surface area contributed by atoms with E-state index in [9.17, 15) is 4.79 Å². The molecule has 0 aliphatic carbocycles. The van der Waals surface area contributed by atoms with E-state index in [1.54, 1.807) is 0 Å². The van der Waals surface area contributed by atoms with E-state index in [1.807, 2.05) is 41.4 Å². The second-order valence-corrected chi connectivity index (χ2v) is 9.29. The van der Waals surface area contributed by atoms with E-state index >= 15 is 0 Å². The van der Waals surface area contributed by atoms with Crippen LogP contribution >= 0.6 is 0 Å². The van der Waals surface area contributed by atoms with E-state index in [1.165, 1.54) is 5.56 Å². The molecule has 32 heavy (non-hydrogen) atoms. The highest BCUT2D eigenvalue weighted by Gasteiger charge is 2.41. The quantitative estimate of drug-likeness (QED) is 0.546. The number of aromatic nitrogens is 1. The van der Waals surface area contributed by atoms with Gasteiger partial charge in [0.15, 0.2) is 0 Å². The maximum Gasteiger partial charge on any atom is 0.253 e. The van der Waals surface area contributed by atoms with Crippen molar-refractivity contribution in [1.82, 2.24) is 9.88 Å². The first kappa shape index (κ1) is 21.2. The molecule has 2 aliphatic rings. The zero-order valence-corrected chi connectivity index (χ0v) is 18.6. The molecule has 1 spiro atoms. The summed E-state index contributed by atoms with van der Waals surface area (Å²) in [5, 5.41) is 1.08. The monoisotopic (exact) mass is 432 g/mol. The van der Waals surface area contributed by atoms with Crippen molar-refractivity contribution in [2.75, 3.05) is 26.3 Å². The van der Waals surface area contributed by atoms with Crippen molar-refractivity contribution in [3.05, 3.63) is 71.9 Å². The van der Waals surface area contributed by atoms with Crippen molar-refractivity contribution in [3.63, 3.8) is 0 Å². The number of carbonyl (C=O) groups excluding carboxylic acids is 1. The Labute approximate surface area is 189 Å². The van der Waals surface area contributed by atoms with Crippen molar-refractivity contribution in [1.29, 1.82) is 0 Å². The van der Waals surface area contributed by atoms with Crippen molar-refractivity contribution < 1.29 is 14.3 Å². The van der Waals surface area contributed by atoms with Crippen LogP contribution in [0.4, 0.5) is 0 Å². The number of benzene rings is 2. The zero-order valence-electron chi connectivity index (χ0n) is 18.6. The molecule has 1 N–H and O–H groups in total. The van der Waals surface area contributed by atoms with Gasteiger partial charge in [-0.2, -0.15) is 0 Å². The van der Waals surface area contributed by atoms with Crippen LogP contribution in [0.25, 0.3) is 10.9 Å². The van der Waals surface area contributed by atoms with Crippen molar-refractivity contribution in [2.45, 2.75) is 44.3 Å². The van der Waals surface area contributed by atoms with Crippen LogP contribution in [0.5, 0.6) is 0 Å². The van der Waals surface area contributed by atoms with Gasteiger partial charge in [0.2, 0.25) is 0 Å². The third-order valence-electron chi connectivity index (χ3n) is 7.14. The highest BCUT2D eigenvalue weighted by atomic mass is 16.5. The largest absolute Gasteiger partial charge is 0.377 e. The molecule has 1 aromatic heterocycles. The second kappa shape index (κ2) is 9.47. The Balaban J connectivity index is 1.11. The van der Waals surface area contributed by atoms with E-state index in [0.29, 0.717) is 12.5 Å². The molecule has 168 valence electrons. The molecule has 1 amide bonds. The number of fused-ring (bicyclic) bond motifs is 1. The average molecular weight is 433 g/mol. The Morgan fingerprint density at radius 1 is 1.12 bits per heavy atom. The minimum atomic E-state index is -0.0658. The summed E-state index contributed by atoms with van der Waals surface area (Å²) < 4.78 is 12.2. The lowest BCUT2D eigenvalue weighted by Crippen LogP contribution is -2.50. The fraction of sp³-hybridized carbons (Fsp3) is 0.444. The highest BCUT2D eigenvalue weighted by Crippen LogP contribution is 2.39. The van der Waals surface area contributed by atoms with Gasteiger partial charge in [0.25, 0.3) is 5.91 Å². The molecule has 5 heteroatoms. The molecule has 5 nitrogen and oxygen atoms in total. The van der Waals surface area contributed by atoms with Gasteiger partial charge in [-0.3, -0.25) is 4.79 Å². The van der Waals surface area contributed by atoms with E-state index in [-0.39, 0.29) is 11.5 Å². The van der Waals surface area contributed by atoms with Crippen LogP contribution in [0.15, 0.2) is 60.8 Å². The van der Waals surface area contributed by atoms with Gasteiger partial charge in [-0.1, -0.05) is 30.3 Å². The van der Waals surface area contributed by atoms with Crippen molar-refractivity contribution >= 4 is 16.8 Å². The van der Waals surface area contributed by atoms with Crippen LogP contribution in [0.2, 0.25) is 0 Å². The second-order valence-electron chi connectivity index (χ2n) is 9.29. The standard InChI is InChI=1S/C27H32N2O3/c30-26(24-6-7-25-23(18-24)8-13-28-25)29-14-11-27(12-15-29)19-21(10-17-32-27)9-16-31-20-22-4-2-1-3-5-22/h1-8,13,18,21,28H,9-12,14-17,19-20H2. The number of carbonyl (C=O) groups is 1. The van der Waals surface area contributed by atoms with E-state index in [4.69, 9.17) is 9.47 Å². The first-order chi connectivity index (χ1) is 15.7. The average Bonchev–Trinajstić information content (AvgIpc) is 3.31. The number of nitrogens with zero attached hydrogens (tertiary/aromatic N) is 1. The van der Waals surface area contributed by atoms with Gasteiger partial charge in [-0.15, -0.1) is 0 Å². The molecule has 2 aliphatic heterocycles. The van der Waals surface area contributed by atoms with E-state index < -0.39 is 0 Å². The Kier molecular flexibility index (Phi) is 6.28. The summed E-state index contributed by atoms with van der Waals surface area (Å²) in [5.74, 6) is 0.766. The van der Waals surface area contributed by atoms with E-state index in [2.05, 4.69) is 29.2 Å². The fourth-order valence-electron chi connectivity index (χ4n) is 5.22. The normalized spacial score (nSPS) is 20.6. The van der Waals surface area contributed by atoms with Gasteiger partial charge in [0.1, 0.15) is 0 Å². The van der Waals surface area contributed by atoms with Crippen LogP contribution in [-0.4, -0.2) is 47.7 Å². The summed E-state index contributed by atoms with van der Waals surface area (Å²) in [4.78, 5) is 18.2. The van der Waals surface area contributed by atoms with Crippen molar-refractivity contribution in [3.8, 4) is 0 Å². The minimum absolute atomic E-state index is 0.0658. The number of piperidine rings is 1. The van der Waals surface area contributed by atoms with Crippen LogP contribution in [0, 0.1) is 5.92 Å². The molecule has 3 aromatic rings. The van der Waals surface area contributed by atoms with Gasteiger partial charge in [-0.05, 0) is 67.9 Å². The summed E-state index contributed by atoms with van der Waals surface area (Å²) in [6.07, 6.45) is 7.03. The Morgan fingerprint density at radius 2 is 1.97 bits per heavy atom. The molecule has 0 bridgehead atoms. The SMILES string of the molecule is O=C(c1ccc2[nH]ccc2c1)N1CCC2(CC1)CC(CCOCc1ccccc1)CCO2. The Bertz CT molecular complexity index is 1040. The topological polar surface area (TPSA) is 54.6 Å². The molecule has 2 aromatic carbocycles. The predicted octanol–water partition coefficient (Wildman–Crippen LogP) is 5.18. The molecule has 1 atom stereocenters. The number of ether oxygens (including phenoxy) is 2. The van der Waals surface area contributed by atoms with Gasteiger partial charge >= 0.3 is 0 Å². The number of rotatable bonds is 6. The smallest absolute Gasteiger partial charge is 0.253 e. The lowest BCUT2D eigenvalue weighted by Gasteiger charge is -2.46. The van der Waals surface area contributed by atoms with Crippen LogP contribution in [0.3, 0.4) is 0 Å². The lowest BCUT2D eigenvalue weighted by atomic mass is 9.78. The number of amides is 1. The molecule has 2 saturated heterocycles. The summed E-state index contributed by atoms with van der Waals surface area (Å²) in [6, 6.07) is 18.3. The molecule has 1 unspecified atom stereocenters. The number of hydrogen-bond acceptors (Lipinski definition) is 3. The number of aromatic amines is 1. The summed E-state index contributed by atoms with van der Waals surface area (Å²) in [5.41, 5.74) is 2.99. The molecule has 0 radical (unpaired) electrons. The van der Waals surface area contributed by atoms with Crippen molar-refractivity contribution in [2.24, 2.45) is 5.92 Å². The third kappa shape index (κ3) is 4.74. The number of H-pyrrole nitrogens is 1. The Hall–Kier alpha value is -2.63. The third-order valence-corrected chi connectivity index (χ3v) is 7.14. The predicted molar refractivity (Wildman–Crippen MR) is 126 cm³/mol. The van der Waals surface area contributed by atoms with Gasteiger partial charge < -0.3 is 19.4 Å². The lowest BCUT2D eigenvalue weighted by molar-refractivity contribution is -0.126. The first-order valence-corrected chi connectivity index (χ1v) is 11.8. The Morgan fingerprint density at radius 3 is 2.81 bits per heavy atom.